The fourth-order valence-corrected chi connectivity index (χ4v) is 6.59. The lowest BCUT2D eigenvalue weighted by atomic mass is 9.78. The number of nitrogens with one attached hydrogen (secondary N) is 2. The molecule has 11 heteroatoms. The van der Waals surface area contributed by atoms with Crippen molar-refractivity contribution in [3.63, 3.8) is 0 Å². The van der Waals surface area contributed by atoms with E-state index in [2.05, 4.69) is 10.6 Å². The lowest BCUT2D eigenvalue weighted by Crippen LogP contribution is -2.52. The Morgan fingerprint density at radius 1 is 0.824 bits per heavy atom. The van der Waals surface area contributed by atoms with Crippen molar-refractivity contribution in [3.8, 4) is 11.1 Å². The van der Waals surface area contributed by atoms with Crippen LogP contribution >= 0.6 is 0 Å². The number of alkyl halides is 3. The minimum atomic E-state index is -5.04. The van der Waals surface area contributed by atoms with E-state index in [-0.39, 0.29) is 25.0 Å². The van der Waals surface area contributed by atoms with Crippen LogP contribution in [0.1, 0.15) is 81.1 Å². The van der Waals surface area contributed by atoms with Crippen molar-refractivity contribution in [3.05, 3.63) is 96.1 Å². The molecule has 51 heavy (non-hydrogen) atoms. The normalized spacial score (nSPS) is 16.4. The zero-order chi connectivity index (χ0) is 37.2. The smallest absolute Gasteiger partial charge is 0.382 e. The van der Waals surface area contributed by atoms with E-state index in [9.17, 15) is 42.3 Å². The summed E-state index contributed by atoms with van der Waals surface area (Å²) in [7, 11) is 0. The summed E-state index contributed by atoms with van der Waals surface area (Å²) in [4.78, 5) is 65.9. The Kier molecular flexibility index (Phi) is 13.5. The van der Waals surface area contributed by atoms with E-state index in [4.69, 9.17) is 0 Å². The van der Waals surface area contributed by atoms with E-state index in [0.717, 1.165) is 29.5 Å². The predicted molar refractivity (Wildman–Crippen MR) is 186 cm³/mol. The zero-order valence-electron chi connectivity index (χ0n) is 28.9. The van der Waals surface area contributed by atoms with Crippen molar-refractivity contribution in [2.24, 2.45) is 11.3 Å². The first-order valence-electron chi connectivity index (χ1n) is 17.3. The van der Waals surface area contributed by atoms with Crippen LogP contribution in [0.3, 0.4) is 0 Å². The quantitative estimate of drug-likeness (QED) is 0.136. The van der Waals surface area contributed by atoms with Gasteiger partial charge in [-0.2, -0.15) is 13.2 Å². The highest BCUT2D eigenvalue weighted by molar-refractivity contribution is 6.01. The topological polar surface area (TPSA) is 130 Å². The van der Waals surface area contributed by atoms with Crippen LogP contribution in [0.2, 0.25) is 0 Å². The van der Waals surface area contributed by atoms with Crippen LogP contribution in [-0.4, -0.2) is 58.6 Å². The first-order valence-corrected chi connectivity index (χ1v) is 17.3. The third kappa shape index (κ3) is 10.9. The van der Waals surface area contributed by atoms with Gasteiger partial charge < -0.3 is 20.5 Å². The van der Waals surface area contributed by atoms with Crippen LogP contribution in [0.25, 0.3) is 11.1 Å². The highest BCUT2D eigenvalue weighted by Gasteiger charge is 2.45. The summed E-state index contributed by atoms with van der Waals surface area (Å²) in [5.41, 5.74) is 2.14. The Balaban J connectivity index is 1.48. The van der Waals surface area contributed by atoms with E-state index in [1.54, 1.807) is 42.5 Å². The van der Waals surface area contributed by atoms with Gasteiger partial charge >= 0.3 is 6.18 Å². The van der Waals surface area contributed by atoms with Crippen molar-refractivity contribution in [2.45, 2.75) is 96.0 Å². The summed E-state index contributed by atoms with van der Waals surface area (Å²) in [5.74, 6) is -3.56. The minimum Gasteiger partial charge on any atom is -0.382 e. The molecule has 4 atom stereocenters. The summed E-state index contributed by atoms with van der Waals surface area (Å²) in [6.45, 7) is 2.56. The third-order valence-electron chi connectivity index (χ3n) is 9.64. The van der Waals surface area contributed by atoms with E-state index in [0.29, 0.717) is 18.4 Å². The molecule has 272 valence electrons. The average Bonchev–Trinajstić information content (AvgIpc) is 3.59. The second-order valence-electron chi connectivity index (χ2n) is 13.7. The Morgan fingerprint density at radius 3 is 1.96 bits per heavy atom. The van der Waals surface area contributed by atoms with Gasteiger partial charge in [-0.05, 0) is 49.3 Å². The number of Topliss-reactive ketones (excluding diaryl/α,β-unsaturated/α-hetero) is 3. The summed E-state index contributed by atoms with van der Waals surface area (Å²) in [5, 5.41) is 14.9. The number of hydrogen-bond donors (Lipinski definition) is 3. The lowest BCUT2D eigenvalue weighted by molar-refractivity contribution is -0.213. The first kappa shape index (κ1) is 39.2. The van der Waals surface area contributed by atoms with Crippen LogP contribution in [0.15, 0.2) is 84.9 Å². The summed E-state index contributed by atoms with van der Waals surface area (Å²) in [6.07, 6.45) is -6.65. The summed E-state index contributed by atoms with van der Waals surface area (Å²) < 4.78 is 40.0. The van der Waals surface area contributed by atoms with Gasteiger partial charge in [0.2, 0.25) is 11.8 Å². The molecule has 0 saturated heterocycles. The zero-order valence-corrected chi connectivity index (χ0v) is 28.9. The molecule has 1 saturated carbocycles. The number of ketones is 3. The Morgan fingerprint density at radius 2 is 1.39 bits per heavy atom. The molecule has 8 nitrogen and oxygen atoms in total. The number of carbonyl (C=O) groups excluding carboxylic acids is 5. The molecule has 2 amide bonds. The minimum absolute atomic E-state index is 0.0439. The molecule has 3 N–H and O–H groups in total. The number of amides is 2. The average molecular weight is 707 g/mol. The maximum Gasteiger partial charge on any atom is 0.416 e. The van der Waals surface area contributed by atoms with Gasteiger partial charge in [0.1, 0.15) is 5.78 Å². The largest absolute Gasteiger partial charge is 0.416 e. The van der Waals surface area contributed by atoms with Crippen LogP contribution in [0.5, 0.6) is 0 Å². The van der Waals surface area contributed by atoms with E-state index in [1.165, 1.54) is 13.8 Å². The molecule has 3 aromatic rings. The second kappa shape index (κ2) is 17.5. The number of aliphatic hydroxyl groups excluding tert-OH is 1. The van der Waals surface area contributed by atoms with Gasteiger partial charge in [-0.3, -0.25) is 19.2 Å². The van der Waals surface area contributed by atoms with Crippen LogP contribution in [0, 0.1) is 11.3 Å². The molecule has 0 radical (unpaired) electrons. The van der Waals surface area contributed by atoms with Crippen molar-refractivity contribution >= 4 is 29.2 Å². The standard InChI is InChI=1S/C40H45F3N2O6/c1-26(37(50)44-32(20-15-27(2)46)36(49)40(41,42)43)23-34(47)33(24-28-11-5-3-6-12-28)45-38(51)39(21-9-10-22-39)25-35(48)31-18-16-30(17-19-31)29-13-7-4-8-14-29/h3-8,11-14,16-19,26,32-33,36,49H,9-10,15,20-25H2,1-2H3,(H,44,50)(H,45,51)/t26-,32?,33+,36?/m1/s1. The maximum absolute atomic E-state index is 14.1. The van der Waals surface area contributed by atoms with Gasteiger partial charge in [0, 0.05) is 30.7 Å². The van der Waals surface area contributed by atoms with Gasteiger partial charge in [0.15, 0.2) is 17.7 Å². The molecule has 0 aliphatic heterocycles. The molecule has 0 heterocycles. The molecular weight excluding hydrogens is 661 g/mol. The number of rotatable bonds is 17. The van der Waals surface area contributed by atoms with Crippen molar-refractivity contribution in [1.82, 2.24) is 10.6 Å². The SMILES string of the molecule is CC(=O)CCC(NC(=O)[C@H](C)CC(=O)[C@H](Cc1ccccc1)NC(=O)C1(CC(=O)c2ccc(-c3ccccc3)cc2)CCCC1)C(O)C(F)(F)F. The van der Waals surface area contributed by atoms with E-state index in [1.807, 2.05) is 42.5 Å². The van der Waals surface area contributed by atoms with Gasteiger partial charge in [0.05, 0.1) is 17.5 Å². The van der Waals surface area contributed by atoms with Crippen molar-refractivity contribution < 1.29 is 42.3 Å². The predicted octanol–water partition coefficient (Wildman–Crippen LogP) is 6.59. The molecule has 3 aromatic carbocycles. The van der Waals surface area contributed by atoms with Crippen LogP contribution in [-0.2, 0) is 25.6 Å². The molecular formula is C40H45F3N2O6. The van der Waals surface area contributed by atoms with E-state index < -0.39 is 71.9 Å². The second-order valence-corrected chi connectivity index (χ2v) is 13.7. The van der Waals surface area contributed by atoms with Gasteiger partial charge in [0.25, 0.3) is 0 Å². The van der Waals surface area contributed by atoms with Crippen molar-refractivity contribution in [1.29, 1.82) is 0 Å². The number of benzene rings is 3. The fraction of sp³-hybridized carbons (Fsp3) is 0.425. The molecule has 1 fully saturated rings. The number of carbonyl (C=O) groups is 5. The Bertz CT molecular complexity index is 1650. The van der Waals surface area contributed by atoms with Crippen LogP contribution in [0.4, 0.5) is 13.2 Å². The Labute approximate surface area is 296 Å². The molecule has 4 rings (SSSR count). The third-order valence-corrected chi connectivity index (χ3v) is 9.64. The molecule has 2 unspecified atom stereocenters. The van der Waals surface area contributed by atoms with Crippen LogP contribution < -0.4 is 10.6 Å². The monoisotopic (exact) mass is 706 g/mol. The van der Waals surface area contributed by atoms with E-state index >= 15 is 0 Å². The molecule has 1 aliphatic rings. The summed E-state index contributed by atoms with van der Waals surface area (Å²) >= 11 is 0. The highest BCUT2D eigenvalue weighted by atomic mass is 19.4. The first-order chi connectivity index (χ1) is 24.2. The van der Waals surface area contributed by atoms with Gasteiger partial charge in [-0.1, -0.05) is 105 Å². The van der Waals surface area contributed by atoms with Crippen molar-refractivity contribution in [2.75, 3.05) is 0 Å². The number of halogens is 3. The van der Waals surface area contributed by atoms with Gasteiger partial charge in [-0.25, -0.2) is 0 Å². The maximum atomic E-state index is 14.1. The Hall–Kier alpha value is -4.64. The van der Waals surface area contributed by atoms with Gasteiger partial charge in [-0.15, -0.1) is 0 Å². The summed E-state index contributed by atoms with van der Waals surface area (Å²) in [6, 6.07) is 23.0. The highest BCUT2D eigenvalue weighted by Crippen LogP contribution is 2.42. The molecule has 0 spiro atoms. The number of hydrogen-bond acceptors (Lipinski definition) is 6. The lowest BCUT2D eigenvalue weighted by Gasteiger charge is -2.30. The number of aliphatic hydroxyl groups is 1. The molecule has 1 aliphatic carbocycles. The molecule has 0 aromatic heterocycles. The molecule has 0 bridgehead atoms. The fourth-order valence-electron chi connectivity index (χ4n) is 6.59.